The molecule has 1 saturated carbocycles. The van der Waals surface area contributed by atoms with Crippen molar-refractivity contribution < 1.29 is 9.53 Å². The molecule has 2 heteroatoms. The van der Waals surface area contributed by atoms with Crippen LogP contribution in [-0.2, 0) is 9.53 Å². The van der Waals surface area contributed by atoms with Gasteiger partial charge in [0.15, 0.2) is 0 Å². The highest BCUT2D eigenvalue weighted by molar-refractivity contribution is 5.83. The molecule has 0 aliphatic heterocycles. The van der Waals surface area contributed by atoms with Gasteiger partial charge in [0.2, 0.25) is 0 Å². The minimum atomic E-state index is -0.222. The smallest absolute Gasteiger partial charge is 0.330 e. The predicted molar refractivity (Wildman–Crippen MR) is 89.9 cm³/mol. The molecule has 22 heavy (non-hydrogen) atoms. The van der Waals surface area contributed by atoms with Crippen LogP contribution in [0.4, 0.5) is 0 Å². The van der Waals surface area contributed by atoms with E-state index in [2.05, 4.69) is 42.5 Å². The van der Waals surface area contributed by atoms with Crippen molar-refractivity contribution in [3.8, 4) is 0 Å². The van der Waals surface area contributed by atoms with Gasteiger partial charge in [-0.25, -0.2) is 4.79 Å². The number of benzene rings is 2. The molecule has 0 amide bonds. The molecule has 1 aliphatic carbocycles. The molecule has 1 fully saturated rings. The lowest BCUT2D eigenvalue weighted by molar-refractivity contribution is -0.145. The minimum Gasteiger partial charge on any atom is -0.459 e. The number of ether oxygens (including phenoxy) is 1. The van der Waals surface area contributed by atoms with E-state index in [-0.39, 0.29) is 12.1 Å². The molecule has 0 saturated heterocycles. The number of rotatable bonds is 3. The number of carbonyl (C=O) groups excluding carboxylic acids is 1. The summed E-state index contributed by atoms with van der Waals surface area (Å²) >= 11 is 0. The van der Waals surface area contributed by atoms with Crippen LogP contribution in [0.15, 0.2) is 54.6 Å². The van der Waals surface area contributed by atoms with E-state index in [1.165, 1.54) is 28.8 Å². The zero-order valence-corrected chi connectivity index (χ0v) is 13.0. The summed E-state index contributed by atoms with van der Waals surface area (Å²) < 4.78 is 5.69. The molecule has 0 aromatic heterocycles. The van der Waals surface area contributed by atoms with Gasteiger partial charge in [-0.05, 0) is 42.5 Å². The average Bonchev–Trinajstić information content (AvgIpc) is 2.55. The molecule has 0 bridgehead atoms. The van der Waals surface area contributed by atoms with Crippen molar-refractivity contribution in [1.82, 2.24) is 0 Å². The Labute approximate surface area is 131 Å². The molecule has 114 valence electrons. The highest BCUT2D eigenvalue weighted by atomic mass is 16.5. The lowest BCUT2D eigenvalue weighted by atomic mass is 9.81. The van der Waals surface area contributed by atoms with Gasteiger partial charge >= 0.3 is 5.97 Å². The van der Waals surface area contributed by atoms with Crippen molar-refractivity contribution in [2.24, 2.45) is 0 Å². The van der Waals surface area contributed by atoms with E-state index in [9.17, 15) is 4.79 Å². The van der Waals surface area contributed by atoms with Crippen molar-refractivity contribution in [2.75, 3.05) is 0 Å². The SMILES string of the molecule is C/C=C/C(=O)O[C@@H]1CCCC[C@H]1c1ccc2ccccc2c1. The van der Waals surface area contributed by atoms with Gasteiger partial charge in [0, 0.05) is 12.0 Å². The maximum absolute atomic E-state index is 11.8. The molecule has 0 N–H and O–H groups in total. The van der Waals surface area contributed by atoms with E-state index in [4.69, 9.17) is 4.74 Å². The van der Waals surface area contributed by atoms with Gasteiger partial charge in [-0.1, -0.05) is 55.0 Å². The summed E-state index contributed by atoms with van der Waals surface area (Å²) in [4.78, 5) is 11.8. The van der Waals surface area contributed by atoms with Crippen LogP contribution in [0.25, 0.3) is 10.8 Å². The van der Waals surface area contributed by atoms with Gasteiger partial charge in [-0.3, -0.25) is 0 Å². The lowest BCUT2D eigenvalue weighted by Crippen LogP contribution is -2.28. The first-order chi connectivity index (χ1) is 10.8. The van der Waals surface area contributed by atoms with Gasteiger partial charge in [0.25, 0.3) is 0 Å². The van der Waals surface area contributed by atoms with Crippen molar-refractivity contribution in [3.63, 3.8) is 0 Å². The summed E-state index contributed by atoms with van der Waals surface area (Å²) in [6.45, 7) is 1.84. The zero-order chi connectivity index (χ0) is 15.4. The Morgan fingerprint density at radius 1 is 1.09 bits per heavy atom. The molecule has 0 unspecified atom stereocenters. The monoisotopic (exact) mass is 294 g/mol. The van der Waals surface area contributed by atoms with Gasteiger partial charge in [0.1, 0.15) is 6.10 Å². The van der Waals surface area contributed by atoms with Gasteiger partial charge in [0.05, 0.1) is 0 Å². The largest absolute Gasteiger partial charge is 0.459 e. The second-order valence-electron chi connectivity index (χ2n) is 5.97. The third-order valence-corrected chi connectivity index (χ3v) is 4.47. The Hall–Kier alpha value is -2.09. The number of hydrogen-bond acceptors (Lipinski definition) is 2. The van der Waals surface area contributed by atoms with Crippen LogP contribution in [0.3, 0.4) is 0 Å². The van der Waals surface area contributed by atoms with Crippen LogP contribution in [0.2, 0.25) is 0 Å². The molecule has 2 aromatic rings. The Bertz CT molecular complexity index is 687. The van der Waals surface area contributed by atoms with Crippen LogP contribution in [-0.4, -0.2) is 12.1 Å². The number of fused-ring (bicyclic) bond motifs is 1. The summed E-state index contributed by atoms with van der Waals surface area (Å²) in [5, 5.41) is 2.51. The molecule has 2 aromatic carbocycles. The number of allylic oxidation sites excluding steroid dienone is 1. The van der Waals surface area contributed by atoms with Crippen LogP contribution in [0.5, 0.6) is 0 Å². The second-order valence-corrected chi connectivity index (χ2v) is 5.97. The summed E-state index contributed by atoms with van der Waals surface area (Å²) in [5.41, 5.74) is 1.29. The number of esters is 1. The third kappa shape index (κ3) is 3.22. The van der Waals surface area contributed by atoms with E-state index in [0.717, 1.165) is 19.3 Å². The van der Waals surface area contributed by atoms with E-state index in [1.54, 1.807) is 6.08 Å². The van der Waals surface area contributed by atoms with Crippen LogP contribution < -0.4 is 0 Å². The van der Waals surface area contributed by atoms with Crippen LogP contribution >= 0.6 is 0 Å². The van der Waals surface area contributed by atoms with Crippen molar-refractivity contribution in [3.05, 3.63) is 60.2 Å². The number of hydrogen-bond donors (Lipinski definition) is 0. The number of carbonyl (C=O) groups is 1. The fourth-order valence-electron chi connectivity index (χ4n) is 3.38. The summed E-state index contributed by atoms with van der Waals surface area (Å²) in [6.07, 6.45) is 7.63. The average molecular weight is 294 g/mol. The first kappa shape index (κ1) is 14.8. The summed E-state index contributed by atoms with van der Waals surface area (Å²) in [5.74, 6) is 0.0905. The van der Waals surface area contributed by atoms with Crippen molar-refractivity contribution >= 4 is 16.7 Å². The van der Waals surface area contributed by atoms with E-state index < -0.39 is 0 Å². The highest BCUT2D eigenvalue weighted by Gasteiger charge is 2.29. The second kappa shape index (κ2) is 6.78. The Balaban J connectivity index is 1.86. The van der Waals surface area contributed by atoms with Gasteiger partial charge < -0.3 is 4.74 Å². The molecule has 2 atom stereocenters. The molecule has 0 heterocycles. The molecule has 0 spiro atoms. The topological polar surface area (TPSA) is 26.3 Å². The predicted octanol–water partition coefficient (Wildman–Crippen LogP) is 4.99. The summed E-state index contributed by atoms with van der Waals surface area (Å²) in [6, 6.07) is 15.0. The third-order valence-electron chi connectivity index (χ3n) is 4.47. The van der Waals surface area contributed by atoms with E-state index in [0.29, 0.717) is 5.92 Å². The fourth-order valence-corrected chi connectivity index (χ4v) is 3.38. The minimum absolute atomic E-state index is 0.00128. The normalized spacial score (nSPS) is 22.0. The molecule has 0 radical (unpaired) electrons. The Morgan fingerprint density at radius 2 is 1.86 bits per heavy atom. The summed E-state index contributed by atoms with van der Waals surface area (Å²) in [7, 11) is 0. The molecule has 3 rings (SSSR count). The standard InChI is InChI=1S/C20H22O2/c1-2-7-20(21)22-19-11-6-5-10-18(19)17-13-12-15-8-3-4-9-16(15)14-17/h2-4,7-9,12-14,18-19H,5-6,10-11H2,1H3/b7-2+/t18-,19+/m0/s1. The first-order valence-corrected chi connectivity index (χ1v) is 8.10. The molecule has 2 nitrogen and oxygen atoms in total. The van der Waals surface area contributed by atoms with Gasteiger partial charge in [-0.15, -0.1) is 0 Å². The maximum atomic E-state index is 11.8. The van der Waals surface area contributed by atoms with E-state index in [1.807, 2.05) is 6.92 Å². The fraction of sp³-hybridized carbons (Fsp3) is 0.350. The van der Waals surface area contributed by atoms with Crippen molar-refractivity contribution in [2.45, 2.75) is 44.6 Å². The lowest BCUT2D eigenvalue weighted by Gasteiger charge is -2.31. The highest BCUT2D eigenvalue weighted by Crippen LogP contribution is 2.36. The molecular formula is C20H22O2. The van der Waals surface area contributed by atoms with Crippen molar-refractivity contribution in [1.29, 1.82) is 0 Å². The van der Waals surface area contributed by atoms with E-state index >= 15 is 0 Å². The quantitative estimate of drug-likeness (QED) is 0.589. The Kier molecular flexibility index (Phi) is 4.57. The van der Waals surface area contributed by atoms with Crippen LogP contribution in [0, 0.1) is 0 Å². The first-order valence-electron chi connectivity index (χ1n) is 8.10. The Morgan fingerprint density at radius 3 is 2.68 bits per heavy atom. The molecule has 1 aliphatic rings. The maximum Gasteiger partial charge on any atom is 0.330 e. The van der Waals surface area contributed by atoms with Gasteiger partial charge in [-0.2, -0.15) is 0 Å². The zero-order valence-electron chi connectivity index (χ0n) is 13.0. The van der Waals surface area contributed by atoms with Crippen LogP contribution in [0.1, 0.15) is 44.1 Å². The molecular weight excluding hydrogens is 272 g/mol.